The minimum absolute atomic E-state index is 0.0182. The van der Waals surface area contributed by atoms with E-state index in [1.54, 1.807) is 42.5 Å². The van der Waals surface area contributed by atoms with Crippen LogP contribution in [0.3, 0.4) is 0 Å². The lowest BCUT2D eigenvalue weighted by atomic mass is 10.0. The minimum Gasteiger partial charge on any atom is -0.487 e. The molecule has 0 fully saturated rings. The van der Waals surface area contributed by atoms with Crippen LogP contribution >= 0.6 is 0 Å². The molecule has 6 nitrogen and oxygen atoms in total. The Balaban J connectivity index is 1.78. The molecule has 3 rings (SSSR count). The monoisotopic (exact) mass is 407 g/mol. The molecule has 0 unspecified atom stereocenters. The van der Waals surface area contributed by atoms with Crippen molar-refractivity contribution in [1.82, 2.24) is 10.4 Å². The van der Waals surface area contributed by atoms with Gasteiger partial charge in [0, 0.05) is 22.9 Å². The van der Waals surface area contributed by atoms with E-state index in [1.807, 2.05) is 6.07 Å². The van der Waals surface area contributed by atoms with Crippen LogP contribution in [-0.4, -0.2) is 4.98 Å². The second-order valence-electron chi connectivity index (χ2n) is 6.34. The van der Waals surface area contributed by atoms with Crippen molar-refractivity contribution in [1.29, 1.82) is 5.26 Å². The summed E-state index contributed by atoms with van der Waals surface area (Å²) in [6.07, 6.45) is 1.33. The molecule has 0 aliphatic rings. The fraction of sp³-hybridized carbons (Fsp3) is 0.0909. The van der Waals surface area contributed by atoms with E-state index in [4.69, 9.17) is 21.6 Å². The van der Waals surface area contributed by atoms with Gasteiger partial charge < -0.3 is 15.9 Å². The zero-order valence-electron chi connectivity index (χ0n) is 15.8. The summed E-state index contributed by atoms with van der Waals surface area (Å²) in [6, 6.07) is 18.7. The van der Waals surface area contributed by atoms with Crippen LogP contribution in [-0.2, 0) is 12.5 Å². The number of nitrogens with two attached hydrogens (primary N) is 2. The third-order valence-electron chi connectivity index (χ3n) is 4.37. The number of rotatable bonds is 7. The minimum atomic E-state index is -3.15. The fourth-order valence-electron chi connectivity index (χ4n) is 2.79. The van der Waals surface area contributed by atoms with Gasteiger partial charge in [-0.25, -0.2) is 5.84 Å². The summed E-state index contributed by atoms with van der Waals surface area (Å²) < 4.78 is 35.3. The van der Waals surface area contributed by atoms with Gasteiger partial charge >= 0.3 is 0 Å². The summed E-state index contributed by atoms with van der Waals surface area (Å²) in [5.41, 5.74) is 8.94. The molecule has 0 bridgehead atoms. The van der Waals surface area contributed by atoms with Crippen LogP contribution < -0.4 is 21.7 Å². The van der Waals surface area contributed by atoms with Crippen LogP contribution in [0.1, 0.15) is 22.4 Å². The molecule has 2 aromatic carbocycles. The Morgan fingerprint density at radius 3 is 2.53 bits per heavy atom. The zero-order chi connectivity index (χ0) is 21.6. The average Bonchev–Trinajstić information content (AvgIpc) is 2.79. The van der Waals surface area contributed by atoms with Gasteiger partial charge in [0.15, 0.2) is 5.70 Å². The quantitative estimate of drug-likeness (QED) is 0.315. The topological polar surface area (TPSA) is 110 Å². The van der Waals surface area contributed by atoms with E-state index in [-0.39, 0.29) is 29.1 Å². The van der Waals surface area contributed by atoms with Crippen LogP contribution in [0, 0.1) is 11.3 Å². The molecule has 0 aliphatic carbocycles. The summed E-state index contributed by atoms with van der Waals surface area (Å²) in [4.78, 5) is 4.11. The Kier molecular flexibility index (Phi) is 6.25. The van der Waals surface area contributed by atoms with Crippen LogP contribution in [0.15, 0.2) is 78.6 Å². The predicted octanol–water partition coefficient (Wildman–Crippen LogP) is 3.41. The molecule has 0 radical (unpaired) electrons. The van der Waals surface area contributed by atoms with E-state index in [9.17, 15) is 8.78 Å². The van der Waals surface area contributed by atoms with Gasteiger partial charge in [-0.1, -0.05) is 42.5 Å². The molecule has 3 aromatic rings. The van der Waals surface area contributed by atoms with Gasteiger partial charge in [-0.2, -0.15) is 14.0 Å². The Bertz CT molecular complexity index is 1090. The summed E-state index contributed by atoms with van der Waals surface area (Å²) in [5, 5.41) is 9.02. The Morgan fingerprint density at radius 2 is 1.83 bits per heavy atom. The summed E-state index contributed by atoms with van der Waals surface area (Å²) >= 11 is 0. The highest BCUT2D eigenvalue weighted by Crippen LogP contribution is 2.35. The van der Waals surface area contributed by atoms with Crippen LogP contribution in [0.5, 0.6) is 5.75 Å². The van der Waals surface area contributed by atoms with Gasteiger partial charge in [0.25, 0.3) is 5.92 Å². The van der Waals surface area contributed by atoms with Crippen LogP contribution in [0.2, 0.25) is 0 Å². The van der Waals surface area contributed by atoms with Crippen molar-refractivity contribution in [2.75, 3.05) is 0 Å². The normalized spacial score (nSPS) is 11.9. The van der Waals surface area contributed by atoms with E-state index in [0.29, 0.717) is 17.0 Å². The van der Waals surface area contributed by atoms with E-state index < -0.39 is 5.92 Å². The maximum Gasteiger partial charge on any atom is 0.298 e. The summed E-state index contributed by atoms with van der Waals surface area (Å²) in [5.74, 6) is 2.56. The first-order chi connectivity index (χ1) is 14.5. The molecule has 0 amide bonds. The number of ether oxygens (including phenoxy) is 1. The van der Waals surface area contributed by atoms with E-state index in [1.165, 1.54) is 30.5 Å². The highest BCUT2D eigenvalue weighted by Gasteiger charge is 2.34. The Hall–Kier alpha value is -3.96. The third kappa shape index (κ3) is 4.54. The number of aromatic nitrogens is 1. The number of pyridine rings is 1. The number of benzene rings is 2. The molecule has 0 atom stereocenters. The number of nitriles is 1. The highest BCUT2D eigenvalue weighted by atomic mass is 19.3. The summed E-state index contributed by atoms with van der Waals surface area (Å²) in [7, 11) is 0. The molecule has 0 spiro atoms. The van der Waals surface area contributed by atoms with Gasteiger partial charge in [-0.05, 0) is 24.3 Å². The highest BCUT2D eigenvalue weighted by molar-refractivity contribution is 5.69. The van der Waals surface area contributed by atoms with Crippen molar-refractivity contribution in [2.24, 2.45) is 11.6 Å². The van der Waals surface area contributed by atoms with E-state index in [0.717, 1.165) is 0 Å². The molecule has 1 heterocycles. The van der Waals surface area contributed by atoms with Crippen molar-refractivity contribution < 1.29 is 13.5 Å². The van der Waals surface area contributed by atoms with Crippen molar-refractivity contribution in [3.05, 3.63) is 101 Å². The lowest BCUT2D eigenvalue weighted by Crippen LogP contribution is -2.23. The number of hydrogen-bond acceptors (Lipinski definition) is 6. The van der Waals surface area contributed by atoms with Crippen molar-refractivity contribution in [3.8, 4) is 11.8 Å². The second-order valence-corrected chi connectivity index (χ2v) is 6.34. The first kappa shape index (κ1) is 20.8. The van der Waals surface area contributed by atoms with Gasteiger partial charge in [-0.15, -0.1) is 0 Å². The molecule has 8 heteroatoms. The van der Waals surface area contributed by atoms with E-state index >= 15 is 0 Å². The predicted molar refractivity (Wildman–Crippen MR) is 108 cm³/mol. The maximum atomic E-state index is 14.8. The second kappa shape index (κ2) is 9.03. The fourth-order valence-corrected chi connectivity index (χ4v) is 2.79. The van der Waals surface area contributed by atoms with Crippen LogP contribution in [0.4, 0.5) is 8.78 Å². The molecule has 0 saturated heterocycles. The molecule has 0 aliphatic heterocycles. The SMILES string of the molecule is N#C/C(NN)=C(/N)c1cccc(OCc2cc(C(F)(F)c3ccccc3)ccn2)c1. The number of nitrogens with zero attached hydrogens (tertiary/aromatic N) is 2. The number of hydrogen-bond donors (Lipinski definition) is 3. The van der Waals surface area contributed by atoms with Crippen molar-refractivity contribution in [2.45, 2.75) is 12.5 Å². The zero-order valence-corrected chi connectivity index (χ0v) is 15.8. The molecule has 30 heavy (non-hydrogen) atoms. The standard InChI is InChI=1S/C22H19F2N5O/c23-22(24,16-6-2-1-3-7-16)17-9-10-28-18(12-17)14-30-19-8-4-5-15(11-19)21(26)20(13-25)29-27/h1-12,29H,14,26-27H2/b21-20-. The number of hydrazine groups is 1. The number of halogens is 2. The van der Waals surface area contributed by atoms with Crippen molar-refractivity contribution >= 4 is 5.70 Å². The Morgan fingerprint density at radius 1 is 1.07 bits per heavy atom. The lowest BCUT2D eigenvalue weighted by molar-refractivity contribution is 0.0425. The smallest absolute Gasteiger partial charge is 0.298 e. The van der Waals surface area contributed by atoms with E-state index in [2.05, 4.69) is 10.4 Å². The first-order valence-electron chi connectivity index (χ1n) is 8.94. The molecule has 0 saturated carbocycles. The molecule has 5 N–H and O–H groups in total. The molecule has 152 valence electrons. The molecule has 1 aromatic heterocycles. The van der Waals surface area contributed by atoms with Crippen LogP contribution in [0.25, 0.3) is 5.70 Å². The van der Waals surface area contributed by atoms with Gasteiger partial charge in [0.1, 0.15) is 18.4 Å². The average molecular weight is 407 g/mol. The lowest BCUT2D eigenvalue weighted by Gasteiger charge is -2.18. The van der Waals surface area contributed by atoms with Gasteiger partial charge in [-0.3, -0.25) is 4.98 Å². The third-order valence-corrected chi connectivity index (χ3v) is 4.37. The maximum absolute atomic E-state index is 14.8. The van der Waals surface area contributed by atoms with Gasteiger partial charge in [0.2, 0.25) is 0 Å². The van der Waals surface area contributed by atoms with Crippen molar-refractivity contribution in [3.63, 3.8) is 0 Å². The Labute approximate surface area is 172 Å². The summed E-state index contributed by atoms with van der Waals surface area (Å²) in [6.45, 7) is -0.0218. The number of allylic oxidation sites excluding steroid dienone is 1. The molecular formula is C22H19F2N5O. The number of alkyl halides is 2. The number of nitrogens with one attached hydrogen (secondary N) is 1. The first-order valence-corrected chi connectivity index (χ1v) is 8.94. The van der Waals surface area contributed by atoms with Gasteiger partial charge in [0.05, 0.1) is 11.4 Å². The largest absolute Gasteiger partial charge is 0.487 e. The molecular weight excluding hydrogens is 388 g/mol.